The lowest BCUT2D eigenvalue weighted by atomic mass is 10.0. The van der Waals surface area contributed by atoms with E-state index in [0.717, 1.165) is 6.26 Å². The van der Waals surface area contributed by atoms with Crippen molar-refractivity contribution in [3.8, 4) is 22.6 Å². The van der Waals surface area contributed by atoms with E-state index in [-0.39, 0.29) is 21.8 Å². The van der Waals surface area contributed by atoms with Crippen LogP contribution in [0.2, 0.25) is 0 Å². The number of pyridine rings is 1. The Morgan fingerprint density at radius 3 is 2.58 bits per heavy atom. The number of hydrogen-bond donors (Lipinski definition) is 2. The Morgan fingerprint density at radius 1 is 1.10 bits per heavy atom. The lowest BCUT2D eigenvalue weighted by Crippen LogP contribution is -2.16. The minimum Gasteiger partial charge on any atom is -0.478 e. The molecule has 0 atom stereocenters. The molecule has 9 heteroatoms. The van der Waals surface area contributed by atoms with Gasteiger partial charge in [0.2, 0.25) is 0 Å². The van der Waals surface area contributed by atoms with Crippen molar-refractivity contribution in [3.63, 3.8) is 0 Å². The van der Waals surface area contributed by atoms with Crippen LogP contribution >= 0.6 is 0 Å². The molecule has 2 aromatic heterocycles. The van der Waals surface area contributed by atoms with E-state index in [0.29, 0.717) is 27.8 Å². The van der Waals surface area contributed by atoms with Gasteiger partial charge in [-0.25, -0.2) is 13.2 Å². The number of hydrogen-bond acceptors (Lipinski definition) is 5. The summed E-state index contributed by atoms with van der Waals surface area (Å²) in [5.74, 6) is -0.496. The van der Waals surface area contributed by atoms with E-state index in [1.807, 2.05) is 0 Å². The summed E-state index contributed by atoms with van der Waals surface area (Å²) in [7, 11) is -1.91. The topological polar surface area (TPSA) is 118 Å². The Hall–Kier alpha value is -3.85. The number of fused-ring (bicyclic) bond motifs is 1. The van der Waals surface area contributed by atoms with E-state index < -0.39 is 15.8 Å². The lowest BCUT2D eigenvalue weighted by Gasteiger charge is -2.15. The molecule has 0 amide bonds. The van der Waals surface area contributed by atoms with Crippen LogP contribution < -0.4 is 10.3 Å². The molecule has 0 aliphatic heterocycles. The van der Waals surface area contributed by atoms with Crippen LogP contribution in [0.5, 0.6) is 11.5 Å². The average Bonchev–Trinajstić information content (AvgIpc) is 3.21. The fourth-order valence-electron chi connectivity index (χ4n) is 3.34. The highest BCUT2D eigenvalue weighted by Crippen LogP contribution is 2.38. The summed E-state index contributed by atoms with van der Waals surface area (Å²) >= 11 is 0. The number of nitrogens with one attached hydrogen (secondary N) is 1. The van der Waals surface area contributed by atoms with E-state index in [2.05, 4.69) is 4.98 Å². The van der Waals surface area contributed by atoms with Gasteiger partial charge in [0.05, 0.1) is 10.5 Å². The van der Waals surface area contributed by atoms with Gasteiger partial charge in [0.15, 0.2) is 9.84 Å². The van der Waals surface area contributed by atoms with Gasteiger partial charge in [-0.05, 0) is 42.5 Å². The van der Waals surface area contributed by atoms with Crippen LogP contribution in [0.1, 0.15) is 10.4 Å². The van der Waals surface area contributed by atoms with Gasteiger partial charge in [0.1, 0.15) is 17.0 Å². The number of rotatable bonds is 5. The number of ether oxygens (including phenoxy) is 1. The van der Waals surface area contributed by atoms with Gasteiger partial charge in [-0.1, -0.05) is 6.07 Å². The Kier molecular flexibility index (Phi) is 4.90. The number of benzene rings is 2. The smallest absolute Gasteiger partial charge is 0.335 e. The van der Waals surface area contributed by atoms with Crippen molar-refractivity contribution in [1.29, 1.82) is 0 Å². The second kappa shape index (κ2) is 7.44. The van der Waals surface area contributed by atoms with Crippen molar-refractivity contribution in [1.82, 2.24) is 9.55 Å². The van der Waals surface area contributed by atoms with Crippen molar-refractivity contribution in [3.05, 3.63) is 76.8 Å². The number of nitrogens with zero attached hydrogens (tertiary/aromatic N) is 1. The first kappa shape index (κ1) is 20.4. The van der Waals surface area contributed by atoms with Crippen LogP contribution in [0.15, 0.2) is 70.6 Å². The Bertz CT molecular complexity index is 1500. The van der Waals surface area contributed by atoms with E-state index in [1.165, 1.54) is 34.9 Å². The van der Waals surface area contributed by atoms with Gasteiger partial charge in [-0.3, -0.25) is 4.79 Å². The zero-order valence-corrected chi connectivity index (χ0v) is 17.4. The zero-order chi connectivity index (χ0) is 22.3. The van der Waals surface area contributed by atoms with Crippen LogP contribution in [0.25, 0.3) is 22.0 Å². The fraction of sp³-hybridized carbons (Fsp3) is 0.0909. The van der Waals surface area contributed by atoms with Crippen LogP contribution in [0.4, 0.5) is 0 Å². The monoisotopic (exact) mass is 438 g/mol. The molecule has 0 unspecified atom stereocenters. The van der Waals surface area contributed by atoms with Crippen LogP contribution in [-0.2, 0) is 16.9 Å². The Balaban J connectivity index is 1.96. The molecule has 31 heavy (non-hydrogen) atoms. The van der Waals surface area contributed by atoms with Crippen molar-refractivity contribution >= 4 is 26.7 Å². The van der Waals surface area contributed by atoms with Crippen molar-refractivity contribution in [2.24, 2.45) is 7.05 Å². The predicted octanol–water partition coefficient (Wildman–Crippen LogP) is 3.43. The highest BCUT2D eigenvalue weighted by molar-refractivity contribution is 7.90. The number of carboxylic acid groups (broad SMARTS) is 1. The molecule has 0 radical (unpaired) electrons. The molecule has 2 aromatic carbocycles. The molecule has 0 saturated carbocycles. The van der Waals surface area contributed by atoms with Crippen LogP contribution in [0.3, 0.4) is 0 Å². The molecule has 4 rings (SSSR count). The van der Waals surface area contributed by atoms with Gasteiger partial charge in [0, 0.05) is 42.2 Å². The highest BCUT2D eigenvalue weighted by Gasteiger charge is 2.18. The number of H-pyrrole nitrogens is 1. The predicted molar refractivity (Wildman–Crippen MR) is 116 cm³/mol. The van der Waals surface area contributed by atoms with Crippen LogP contribution in [0, 0.1) is 0 Å². The zero-order valence-electron chi connectivity index (χ0n) is 16.6. The van der Waals surface area contributed by atoms with Crippen molar-refractivity contribution in [2.45, 2.75) is 4.90 Å². The first-order valence-electron chi connectivity index (χ1n) is 9.17. The molecule has 2 heterocycles. The number of carbonyl (C=O) groups is 1. The molecular formula is C22H18N2O6S. The Morgan fingerprint density at radius 2 is 1.87 bits per heavy atom. The van der Waals surface area contributed by atoms with Gasteiger partial charge in [-0.15, -0.1) is 0 Å². The van der Waals surface area contributed by atoms with Crippen LogP contribution in [-0.4, -0.2) is 35.3 Å². The van der Waals surface area contributed by atoms with Crippen molar-refractivity contribution < 1.29 is 23.1 Å². The molecular weight excluding hydrogens is 420 g/mol. The standard InChI is InChI=1S/C22H18N2O6S/c1-24-12-18(16-8-9-23-20(16)21(24)25)17-11-15(31(2,28)29)6-7-19(17)30-14-5-3-4-13(10-14)22(26)27/h3-12,23H,1-2H3,(H,26,27). The molecule has 0 bridgehead atoms. The summed E-state index contributed by atoms with van der Waals surface area (Å²) in [6.45, 7) is 0. The number of carboxylic acids is 1. The number of sulfone groups is 1. The second-order valence-corrected chi connectivity index (χ2v) is 9.11. The quantitative estimate of drug-likeness (QED) is 0.493. The third-order valence-electron chi connectivity index (χ3n) is 4.87. The SMILES string of the molecule is Cn1cc(-c2cc(S(C)(=O)=O)ccc2Oc2cccc(C(=O)O)c2)c2cc[nH]c2c1=O. The number of aromatic nitrogens is 2. The summed E-state index contributed by atoms with van der Waals surface area (Å²) in [5, 5.41) is 9.84. The minimum atomic E-state index is -3.51. The maximum absolute atomic E-state index is 12.4. The van der Waals surface area contributed by atoms with Gasteiger partial charge >= 0.3 is 5.97 Å². The molecule has 4 aromatic rings. The largest absolute Gasteiger partial charge is 0.478 e. The summed E-state index contributed by atoms with van der Waals surface area (Å²) in [6.07, 6.45) is 4.35. The first-order valence-corrected chi connectivity index (χ1v) is 11.1. The summed E-state index contributed by atoms with van der Waals surface area (Å²) in [6, 6.07) is 12.1. The van der Waals surface area contributed by atoms with E-state index in [9.17, 15) is 23.1 Å². The maximum Gasteiger partial charge on any atom is 0.335 e. The molecule has 0 fully saturated rings. The maximum atomic E-state index is 12.4. The van der Waals surface area contributed by atoms with Gasteiger partial charge < -0.3 is 19.4 Å². The average molecular weight is 438 g/mol. The molecule has 0 saturated heterocycles. The highest BCUT2D eigenvalue weighted by atomic mass is 32.2. The van der Waals surface area contributed by atoms with Crippen molar-refractivity contribution in [2.75, 3.05) is 6.26 Å². The summed E-state index contributed by atoms with van der Waals surface area (Å²) < 4.78 is 31.7. The van der Waals surface area contributed by atoms with Gasteiger partial charge in [0.25, 0.3) is 5.56 Å². The third-order valence-corrected chi connectivity index (χ3v) is 5.98. The van der Waals surface area contributed by atoms with E-state index in [4.69, 9.17) is 4.74 Å². The van der Waals surface area contributed by atoms with E-state index in [1.54, 1.807) is 37.6 Å². The molecule has 0 aliphatic rings. The summed E-state index contributed by atoms with van der Waals surface area (Å²) in [4.78, 5) is 26.7. The number of aromatic amines is 1. The normalized spacial score (nSPS) is 11.5. The minimum absolute atomic E-state index is 0.0574. The fourth-order valence-corrected chi connectivity index (χ4v) is 3.99. The lowest BCUT2D eigenvalue weighted by molar-refractivity contribution is 0.0696. The first-order chi connectivity index (χ1) is 14.6. The van der Waals surface area contributed by atoms with E-state index >= 15 is 0 Å². The molecule has 0 aliphatic carbocycles. The summed E-state index contributed by atoms with van der Waals surface area (Å²) in [5.41, 5.74) is 1.25. The molecule has 2 N–H and O–H groups in total. The Labute approximate surface area is 177 Å². The van der Waals surface area contributed by atoms with Gasteiger partial charge in [-0.2, -0.15) is 0 Å². The molecule has 0 spiro atoms. The number of aromatic carboxylic acids is 1. The third kappa shape index (κ3) is 3.82. The molecule has 8 nitrogen and oxygen atoms in total. The number of aryl methyl sites for hydroxylation is 1. The molecule has 158 valence electrons. The second-order valence-electron chi connectivity index (χ2n) is 7.09.